The number of hydrogen-bond donors (Lipinski definition) is 1. The molecule has 0 aliphatic heterocycles. The molecule has 0 radical (unpaired) electrons. The van der Waals surface area contributed by atoms with Gasteiger partial charge in [-0.3, -0.25) is 4.79 Å². The number of hydrogen-bond acceptors (Lipinski definition) is 3. The van der Waals surface area contributed by atoms with Gasteiger partial charge in [0.25, 0.3) is 0 Å². The lowest BCUT2D eigenvalue weighted by molar-refractivity contribution is -0.129. The summed E-state index contributed by atoms with van der Waals surface area (Å²) in [6.45, 7) is 2.20. The Labute approximate surface area is 157 Å². The summed E-state index contributed by atoms with van der Waals surface area (Å²) in [4.78, 5) is 14.2. The van der Waals surface area contributed by atoms with Crippen molar-refractivity contribution in [1.29, 1.82) is 0 Å². The van der Waals surface area contributed by atoms with Gasteiger partial charge in [0, 0.05) is 19.1 Å². The molecule has 0 saturated heterocycles. The lowest BCUT2D eigenvalue weighted by Gasteiger charge is -2.33. The normalized spacial score (nSPS) is 26.2. The van der Waals surface area contributed by atoms with Crippen molar-refractivity contribution in [1.82, 2.24) is 9.62 Å². The molecule has 1 aromatic carbocycles. The number of amides is 1. The van der Waals surface area contributed by atoms with E-state index in [-0.39, 0.29) is 18.0 Å². The minimum absolute atomic E-state index is 0.0177. The number of rotatable bonds is 5. The summed E-state index contributed by atoms with van der Waals surface area (Å²) in [6, 6.07) is 8.34. The number of carbonyl (C=O) groups excluding carboxylic acids is 1. The zero-order valence-electron chi connectivity index (χ0n) is 15.8. The van der Waals surface area contributed by atoms with Gasteiger partial charge in [-0.05, 0) is 62.0 Å². The van der Waals surface area contributed by atoms with Crippen LogP contribution in [0.4, 0.5) is 0 Å². The molecular weight excluding hydrogens is 348 g/mol. The Hall–Kier alpha value is -1.40. The molecule has 1 unspecified atom stereocenters. The zero-order valence-corrected chi connectivity index (χ0v) is 16.6. The Balaban J connectivity index is 1.55. The lowest BCUT2D eigenvalue weighted by atomic mass is 9.88. The fourth-order valence-electron chi connectivity index (χ4n) is 4.15. The highest BCUT2D eigenvalue weighted by molar-refractivity contribution is 7.90. The van der Waals surface area contributed by atoms with Crippen LogP contribution in [-0.4, -0.2) is 44.1 Å². The van der Waals surface area contributed by atoms with Crippen LogP contribution in [0.1, 0.15) is 50.2 Å². The van der Waals surface area contributed by atoms with E-state index in [2.05, 4.69) is 23.8 Å². The molecule has 1 aromatic rings. The van der Waals surface area contributed by atoms with Gasteiger partial charge in [0.05, 0.1) is 0 Å². The van der Waals surface area contributed by atoms with Gasteiger partial charge in [0.2, 0.25) is 15.9 Å². The van der Waals surface area contributed by atoms with E-state index in [9.17, 15) is 13.2 Å². The molecule has 0 heterocycles. The number of sulfonamides is 1. The van der Waals surface area contributed by atoms with Gasteiger partial charge in [-0.25, -0.2) is 13.1 Å². The first-order valence-corrected chi connectivity index (χ1v) is 11.3. The van der Waals surface area contributed by atoms with E-state index >= 15 is 0 Å². The van der Waals surface area contributed by atoms with Gasteiger partial charge in [0.1, 0.15) is 5.75 Å². The molecule has 2 aliphatic carbocycles. The van der Waals surface area contributed by atoms with E-state index in [0.29, 0.717) is 5.92 Å². The van der Waals surface area contributed by atoms with Crippen molar-refractivity contribution in [3.8, 4) is 0 Å². The van der Waals surface area contributed by atoms with Gasteiger partial charge in [-0.1, -0.05) is 31.2 Å². The molecule has 0 spiro atoms. The van der Waals surface area contributed by atoms with Gasteiger partial charge < -0.3 is 4.90 Å². The van der Waals surface area contributed by atoms with Crippen molar-refractivity contribution in [2.75, 3.05) is 12.8 Å². The van der Waals surface area contributed by atoms with Crippen LogP contribution >= 0.6 is 0 Å². The molecule has 1 amide bonds. The molecule has 144 valence electrons. The second kappa shape index (κ2) is 8.09. The minimum Gasteiger partial charge on any atom is -0.342 e. The van der Waals surface area contributed by atoms with Crippen LogP contribution in [-0.2, 0) is 27.7 Å². The molecule has 3 rings (SSSR count). The van der Waals surface area contributed by atoms with Gasteiger partial charge >= 0.3 is 0 Å². The van der Waals surface area contributed by atoms with Gasteiger partial charge in [-0.15, -0.1) is 0 Å². The highest BCUT2D eigenvalue weighted by Crippen LogP contribution is 2.25. The highest BCUT2D eigenvalue weighted by atomic mass is 32.2. The van der Waals surface area contributed by atoms with E-state index in [1.165, 1.54) is 11.1 Å². The zero-order chi connectivity index (χ0) is 18.7. The smallest absolute Gasteiger partial charge is 0.239 e. The predicted molar refractivity (Wildman–Crippen MR) is 103 cm³/mol. The van der Waals surface area contributed by atoms with Crippen LogP contribution in [0.5, 0.6) is 0 Å². The molecule has 0 aromatic heterocycles. The highest BCUT2D eigenvalue weighted by Gasteiger charge is 2.29. The molecule has 6 heteroatoms. The number of benzene rings is 1. The number of aryl methyl sites for hydroxylation is 1. The van der Waals surface area contributed by atoms with Crippen molar-refractivity contribution >= 4 is 15.9 Å². The first kappa shape index (κ1) is 19.4. The van der Waals surface area contributed by atoms with E-state index in [4.69, 9.17) is 0 Å². The van der Waals surface area contributed by atoms with Gasteiger partial charge in [-0.2, -0.15) is 0 Å². The number of likely N-dealkylation sites (N-methyl/N-ethyl adjacent to an activating group) is 1. The maximum atomic E-state index is 12.6. The van der Waals surface area contributed by atoms with Crippen LogP contribution in [0.25, 0.3) is 0 Å². The summed E-state index contributed by atoms with van der Waals surface area (Å²) in [7, 11) is -1.85. The standard InChI is InChI=1S/C20H30N2O3S/c1-15-7-10-18(11-8-15)21-26(24,25)14-20(23)22(2)19-12-9-16-5-3-4-6-17(16)13-19/h3-6,15,18-19,21H,7-14H2,1-2H3. The molecule has 1 atom stereocenters. The van der Waals surface area contributed by atoms with Crippen molar-refractivity contribution < 1.29 is 13.2 Å². The Bertz CT molecular complexity index is 739. The Morgan fingerprint density at radius 2 is 1.77 bits per heavy atom. The van der Waals surface area contributed by atoms with E-state index < -0.39 is 15.8 Å². The maximum absolute atomic E-state index is 12.6. The minimum atomic E-state index is -3.58. The van der Waals surface area contributed by atoms with Crippen LogP contribution < -0.4 is 4.72 Å². The monoisotopic (exact) mass is 378 g/mol. The Morgan fingerprint density at radius 3 is 2.46 bits per heavy atom. The second-order valence-electron chi connectivity index (χ2n) is 8.00. The largest absolute Gasteiger partial charge is 0.342 e. The van der Waals surface area contributed by atoms with Crippen molar-refractivity contribution in [2.45, 2.75) is 64.0 Å². The third-order valence-electron chi connectivity index (χ3n) is 5.94. The summed E-state index contributed by atoms with van der Waals surface area (Å²) >= 11 is 0. The summed E-state index contributed by atoms with van der Waals surface area (Å²) in [5, 5.41) is 0. The van der Waals surface area contributed by atoms with Crippen molar-refractivity contribution in [3.63, 3.8) is 0 Å². The third-order valence-corrected chi connectivity index (χ3v) is 7.26. The van der Waals surface area contributed by atoms with Crippen LogP contribution in [0.15, 0.2) is 24.3 Å². The summed E-state index contributed by atoms with van der Waals surface area (Å²) in [5.41, 5.74) is 2.60. The average Bonchev–Trinajstić information content (AvgIpc) is 2.62. The molecule has 1 saturated carbocycles. The van der Waals surface area contributed by atoms with Gasteiger partial charge in [0.15, 0.2) is 0 Å². The van der Waals surface area contributed by atoms with Crippen LogP contribution in [0.2, 0.25) is 0 Å². The van der Waals surface area contributed by atoms with Crippen LogP contribution in [0.3, 0.4) is 0 Å². The third kappa shape index (κ3) is 4.86. The first-order valence-electron chi connectivity index (χ1n) is 9.66. The predicted octanol–water partition coefficient (Wildman–Crippen LogP) is 2.50. The fraction of sp³-hybridized carbons (Fsp3) is 0.650. The second-order valence-corrected chi connectivity index (χ2v) is 9.76. The van der Waals surface area contributed by atoms with E-state index in [0.717, 1.165) is 44.9 Å². The molecule has 0 bridgehead atoms. The summed E-state index contributed by atoms with van der Waals surface area (Å²) in [5.74, 6) is -0.1000. The lowest BCUT2D eigenvalue weighted by Crippen LogP contribution is -2.46. The number of fused-ring (bicyclic) bond motifs is 1. The van der Waals surface area contributed by atoms with E-state index in [1.807, 2.05) is 12.1 Å². The molecule has 2 aliphatic rings. The van der Waals surface area contributed by atoms with Crippen molar-refractivity contribution in [3.05, 3.63) is 35.4 Å². The Morgan fingerprint density at radius 1 is 1.12 bits per heavy atom. The van der Waals surface area contributed by atoms with Crippen molar-refractivity contribution in [2.24, 2.45) is 5.92 Å². The Kier molecular flexibility index (Phi) is 6.03. The maximum Gasteiger partial charge on any atom is 0.239 e. The van der Waals surface area contributed by atoms with E-state index in [1.54, 1.807) is 11.9 Å². The quantitative estimate of drug-likeness (QED) is 0.856. The molecule has 1 fully saturated rings. The molecule has 1 N–H and O–H groups in total. The number of nitrogens with one attached hydrogen (secondary N) is 1. The number of nitrogens with zero attached hydrogens (tertiary/aromatic N) is 1. The molecular formula is C20H30N2O3S. The average molecular weight is 379 g/mol. The topological polar surface area (TPSA) is 66.5 Å². The number of carbonyl (C=O) groups is 1. The SMILES string of the molecule is CC1CCC(NS(=O)(=O)CC(=O)N(C)C2CCc3ccccc3C2)CC1. The van der Waals surface area contributed by atoms with Crippen LogP contribution in [0, 0.1) is 5.92 Å². The summed E-state index contributed by atoms with van der Waals surface area (Å²) in [6.07, 6.45) is 6.43. The first-order chi connectivity index (χ1) is 12.3. The molecule has 26 heavy (non-hydrogen) atoms. The fourth-order valence-corrected chi connectivity index (χ4v) is 5.51. The summed E-state index contributed by atoms with van der Waals surface area (Å²) < 4.78 is 27.6. The molecule has 5 nitrogen and oxygen atoms in total.